The van der Waals surface area contributed by atoms with Crippen molar-refractivity contribution < 1.29 is 0 Å². The molecule has 0 radical (unpaired) electrons. The number of thiophene rings is 1. The van der Waals surface area contributed by atoms with Gasteiger partial charge >= 0.3 is 0 Å². The second kappa shape index (κ2) is 6.51. The van der Waals surface area contributed by atoms with Crippen molar-refractivity contribution in [3.63, 3.8) is 0 Å². The van der Waals surface area contributed by atoms with Gasteiger partial charge in [0.2, 0.25) is 0 Å². The van der Waals surface area contributed by atoms with E-state index >= 15 is 0 Å². The average Bonchev–Trinajstić information content (AvgIpc) is 2.77. The van der Waals surface area contributed by atoms with E-state index in [9.17, 15) is 0 Å². The lowest BCUT2D eigenvalue weighted by molar-refractivity contribution is 0.960. The highest BCUT2D eigenvalue weighted by Gasteiger charge is 2.15. The standard InChI is InChI=1S/C12H10Cl3NS2/c13-7-1-2-8(14)10(5-7)17-11(6-16)9-3-4-12(15)18-9/h1-5,11H,6,16H2. The predicted molar refractivity (Wildman–Crippen MR) is 83.4 cm³/mol. The van der Waals surface area contributed by atoms with Gasteiger partial charge in [0.25, 0.3) is 0 Å². The van der Waals surface area contributed by atoms with E-state index in [4.69, 9.17) is 40.5 Å². The molecular weight excluding hydrogens is 329 g/mol. The lowest BCUT2D eigenvalue weighted by Gasteiger charge is -2.13. The van der Waals surface area contributed by atoms with Crippen LogP contribution in [0.1, 0.15) is 10.1 Å². The molecule has 1 aromatic heterocycles. The van der Waals surface area contributed by atoms with E-state index < -0.39 is 0 Å². The van der Waals surface area contributed by atoms with Crippen LogP contribution < -0.4 is 5.73 Å². The zero-order valence-corrected chi connectivity index (χ0v) is 13.1. The molecule has 2 rings (SSSR count). The third-order valence-corrected chi connectivity index (χ3v) is 5.78. The Morgan fingerprint density at radius 2 is 1.94 bits per heavy atom. The molecule has 0 fully saturated rings. The SMILES string of the molecule is NCC(Sc1cc(Cl)ccc1Cl)c1ccc(Cl)s1. The first-order valence-corrected chi connectivity index (χ1v) is 8.00. The Hall–Kier alpha value is 0.1000. The van der Waals surface area contributed by atoms with Gasteiger partial charge in [-0.3, -0.25) is 0 Å². The van der Waals surface area contributed by atoms with Crippen LogP contribution in [0.3, 0.4) is 0 Å². The summed E-state index contributed by atoms with van der Waals surface area (Å²) >= 11 is 21.2. The van der Waals surface area contributed by atoms with Crippen molar-refractivity contribution in [3.05, 3.63) is 49.6 Å². The Balaban J connectivity index is 2.22. The van der Waals surface area contributed by atoms with Gasteiger partial charge in [-0.2, -0.15) is 0 Å². The highest BCUT2D eigenvalue weighted by molar-refractivity contribution is 7.99. The fourth-order valence-corrected chi connectivity index (χ4v) is 4.25. The van der Waals surface area contributed by atoms with Crippen LogP contribution in [0.4, 0.5) is 0 Å². The lowest BCUT2D eigenvalue weighted by Crippen LogP contribution is -2.07. The monoisotopic (exact) mass is 337 g/mol. The summed E-state index contributed by atoms with van der Waals surface area (Å²) in [5.41, 5.74) is 5.82. The molecule has 0 saturated heterocycles. The zero-order valence-electron chi connectivity index (χ0n) is 9.20. The number of hydrogen-bond donors (Lipinski definition) is 1. The molecule has 2 aromatic rings. The third kappa shape index (κ3) is 3.56. The smallest absolute Gasteiger partial charge is 0.0931 e. The summed E-state index contributed by atoms with van der Waals surface area (Å²) in [6.45, 7) is 0.518. The summed E-state index contributed by atoms with van der Waals surface area (Å²) in [6, 6.07) is 9.29. The molecule has 1 heterocycles. The number of halogens is 3. The molecule has 1 unspecified atom stereocenters. The molecule has 1 atom stereocenters. The molecule has 18 heavy (non-hydrogen) atoms. The summed E-state index contributed by atoms with van der Waals surface area (Å²) < 4.78 is 0.765. The first kappa shape index (κ1) is 14.5. The van der Waals surface area contributed by atoms with Crippen molar-refractivity contribution in [1.29, 1.82) is 0 Å². The molecule has 0 spiro atoms. The van der Waals surface area contributed by atoms with Crippen LogP contribution in [0.2, 0.25) is 14.4 Å². The van der Waals surface area contributed by atoms with E-state index in [1.807, 2.05) is 18.2 Å². The lowest BCUT2D eigenvalue weighted by atomic mass is 10.3. The van der Waals surface area contributed by atoms with Crippen molar-refractivity contribution in [2.24, 2.45) is 5.73 Å². The summed E-state index contributed by atoms with van der Waals surface area (Å²) in [5.74, 6) is 0. The largest absolute Gasteiger partial charge is 0.329 e. The number of hydrogen-bond acceptors (Lipinski definition) is 3. The van der Waals surface area contributed by atoms with Gasteiger partial charge in [0.15, 0.2) is 0 Å². The summed E-state index contributed by atoms with van der Waals surface area (Å²) in [4.78, 5) is 2.08. The predicted octanol–water partition coefficient (Wildman–Crippen LogP) is 5.50. The van der Waals surface area contributed by atoms with Gasteiger partial charge in [0, 0.05) is 21.3 Å². The maximum Gasteiger partial charge on any atom is 0.0931 e. The van der Waals surface area contributed by atoms with Gasteiger partial charge < -0.3 is 5.73 Å². The zero-order chi connectivity index (χ0) is 13.1. The van der Waals surface area contributed by atoms with Crippen LogP contribution in [0, 0.1) is 0 Å². The minimum absolute atomic E-state index is 0.137. The summed E-state index contributed by atoms with van der Waals surface area (Å²) in [5, 5.41) is 1.49. The van der Waals surface area contributed by atoms with E-state index in [-0.39, 0.29) is 5.25 Å². The van der Waals surface area contributed by atoms with Gasteiger partial charge in [0.05, 0.1) is 14.6 Å². The van der Waals surface area contributed by atoms with Crippen LogP contribution in [-0.4, -0.2) is 6.54 Å². The molecule has 0 aliphatic carbocycles. The van der Waals surface area contributed by atoms with E-state index in [2.05, 4.69) is 0 Å². The van der Waals surface area contributed by atoms with E-state index in [1.165, 1.54) is 11.3 Å². The Bertz CT molecular complexity index is 542. The molecule has 0 bridgehead atoms. The number of benzene rings is 1. The van der Waals surface area contributed by atoms with Crippen molar-refractivity contribution in [1.82, 2.24) is 0 Å². The van der Waals surface area contributed by atoms with E-state index in [0.29, 0.717) is 16.6 Å². The quantitative estimate of drug-likeness (QED) is 0.745. The van der Waals surface area contributed by atoms with Gasteiger partial charge in [-0.1, -0.05) is 34.8 Å². The summed E-state index contributed by atoms with van der Waals surface area (Å²) in [7, 11) is 0. The third-order valence-electron chi connectivity index (χ3n) is 2.29. The molecule has 1 nitrogen and oxygen atoms in total. The highest BCUT2D eigenvalue weighted by atomic mass is 35.5. The Labute approximate surface area is 129 Å². The normalized spacial score (nSPS) is 12.7. The minimum Gasteiger partial charge on any atom is -0.329 e. The number of rotatable bonds is 4. The van der Waals surface area contributed by atoms with Crippen LogP contribution in [0.5, 0.6) is 0 Å². The molecule has 6 heteroatoms. The van der Waals surface area contributed by atoms with E-state index in [1.54, 1.807) is 23.9 Å². The highest BCUT2D eigenvalue weighted by Crippen LogP contribution is 2.42. The van der Waals surface area contributed by atoms with Crippen molar-refractivity contribution in [3.8, 4) is 0 Å². The topological polar surface area (TPSA) is 26.0 Å². The molecule has 2 N–H and O–H groups in total. The fourth-order valence-electron chi connectivity index (χ4n) is 1.44. The van der Waals surface area contributed by atoms with E-state index in [0.717, 1.165) is 14.1 Å². The Morgan fingerprint density at radius 1 is 1.17 bits per heavy atom. The molecule has 0 saturated carbocycles. The molecule has 0 amide bonds. The maximum atomic E-state index is 6.15. The Morgan fingerprint density at radius 3 is 2.56 bits per heavy atom. The van der Waals surface area contributed by atoms with Crippen LogP contribution in [-0.2, 0) is 0 Å². The molecule has 0 aliphatic rings. The summed E-state index contributed by atoms with van der Waals surface area (Å²) in [6.07, 6.45) is 0. The van der Waals surface area contributed by atoms with Crippen molar-refractivity contribution in [2.45, 2.75) is 10.1 Å². The van der Waals surface area contributed by atoms with Gasteiger partial charge in [0.1, 0.15) is 0 Å². The van der Waals surface area contributed by atoms with Crippen LogP contribution in [0.25, 0.3) is 0 Å². The van der Waals surface area contributed by atoms with Gasteiger partial charge in [-0.15, -0.1) is 23.1 Å². The maximum absolute atomic E-state index is 6.15. The van der Waals surface area contributed by atoms with Crippen LogP contribution >= 0.6 is 57.9 Å². The van der Waals surface area contributed by atoms with Gasteiger partial charge in [-0.05, 0) is 30.3 Å². The molecule has 96 valence electrons. The number of thioether (sulfide) groups is 1. The first-order chi connectivity index (χ1) is 8.60. The van der Waals surface area contributed by atoms with Gasteiger partial charge in [-0.25, -0.2) is 0 Å². The van der Waals surface area contributed by atoms with Crippen LogP contribution in [0.15, 0.2) is 35.2 Å². The second-order valence-corrected chi connectivity index (χ2v) is 7.39. The molecular formula is C12H10Cl3NS2. The minimum atomic E-state index is 0.137. The number of nitrogens with two attached hydrogens (primary N) is 1. The fraction of sp³-hybridized carbons (Fsp3) is 0.167. The molecule has 0 aliphatic heterocycles. The second-order valence-electron chi connectivity index (χ2n) is 3.56. The molecule has 1 aromatic carbocycles. The average molecular weight is 339 g/mol. The van der Waals surface area contributed by atoms with Crippen molar-refractivity contribution in [2.75, 3.05) is 6.54 Å². The Kier molecular flexibility index (Phi) is 5.24. The first-order valence-electron chi connectivity index (χ1n) is 5.17. The van der Waals surface area contributed by atoms with Crippen molar-refractivity contribution >= 4 is 57.9 Å².